The van der Waals surface area contributed by atoms with Crippen LogP contribution in [0.4, 0.5) is 5.82 Å². The predicted octanol–water partition coefficient (Wildman–Crippen LogP) is 1.90. The van der Waals surface area contributed by atoms with E-state index in [4.69, 9.17) is 4.42 Å². The van der Waals surface area contributed by atoms with E-state index in [0.29, 0.717) is 43.1 Å². The number of nitrogens with zero attached hydrogens (tertiary/aromatic N) is 2. The summed E-state index contributed by atoms with van der Waals surface area (Å²) in [4.78, 5) is 42.6. The Bertz CT molecular complexity index is 869. The number of hydrogen-bond donors (Lipinski definition) is 2. The Morgan fingerprint density at radius 2 is 1.96 bits per heavy atom. The first-order valence-corrected chi connectivity index (χ1v) is 9.27. The topological polar surface area (TPSA) is 105 Å². The van der Waals surface area contributed by atoms with Gasteiger partial charge in [-0.2, -0.15) is 0 Å². The lowest BCUT2D eigenvalue weighted by Crippen LogP contribution is -2.45. The molecule has 8 nitrogen and oxygen atoms in total. The van der Waals surface area contributed by atoms with E-state index >= 15 is 0 Å². The molecule has 3 amide bonds. The van der Waals surface area contributed by atoms with Gasteiger partial charge in [-0.1, -0.05) is 0 Å². The molecule has 2 N–H and O–H groups in total. The fourth-order valence-corrected chi connectivity index (χ4v) is 3.21. The van der Waals surface area contributed by atoms with Crippen molar-refractivity contribution in [2.24, 2.45) is 5.92 Å². The molecule has 1 saturated heterocycles. The fraction of sp³-hybridized carbons (Fsp3) is 0.400. The van der Waals surface area contributed by atoms with E-state index in [0.717, 1.165) is 5.56 Å². The summed E-state index contributed by atoms with van der Waals surface area (Å²) in [5, 5.41) is 5.46. The second-order valence-corrected chi connectivity index (χ2v) is 6.94. The third kappa shape index (κ3) is 4.76. The van der Waals surface area contributed by atoms with Gasteiger partial charge in [0.2, 0.25) is 11.8 Å². The first kappa shape index (κ1) is 19.6. The molecule has 0 bridgehead atoms. The van der Waals surface area contributed by atoms with Crippen molar-refractivity contribution in [2.45, 2.75) is 26.7 Å². The van der Waals surface area contributed by atoms with Gasteiger partial charge in [0, 0.05) is 25.2 Å². The number of hydrogen-bond acceptors (Lipinski definition) is 5. The molecule has 0 spiro atoms. The molecular weight excluding hydrogens is 360 g/mol. The van der Waals surface area contributed by atoms with Crippen LogP contribution in [0, 0.1) is 19.8 Å². The Balaban J connectivity index is 1.44. The van der Waals surface area contributed by atoms with E-state index in [-0.39, 0.29) is 30.2 Å². The number of nitrogens with one attached hydrogen (secondary N) is 2. The highest BCUT2D eigenvalue weighted by molar-refractivity contribution is 5.97. The number of anilines is 1. The molecule has 0 saturated carbocycles. The zero-order valence-electron chi connectivity index (χ0n) is 16.0. The second kappa shape index (κ2) is 8.69. The van der Waals surface area contributed by atoms with E-state index < -0.39 is 0 Å². The van der Waals surface area contributed by atoms with Crippen molar-refractivity contribution in [1.29, 1.82) is 0 Å². The SMILES string of the molecule is Cc1ccnc(NC(=O)C2CCN(C(=O)CNC(=O)c3ccoc3C)CC2)c1. The van der Waals surface area contributed by atoms with E-state index in [9.17, 15) is 14.4 Å². The molecule has 0 unspecified atom stereocenters. The molecule has 8 heteroatoms. The summed E-state index contributed by atoms with van der Waals surface area (Å²) in [6.45, 7) is 4.53. The van der Waals surface area contributed by atoms with Crippen LogP contribution in [-0.4, -0.2) is 47.2 Å². The minimum Gasteiger partial charge on any atom is -0.469 e. The number of carbonyl (C=O) groups is 3. The molecule has 2 aromatic rings. The van der Waals surface area contributed by atoms with Crippen LogP contribution in [0.15, 0.2) is 35.1 Å². The number of pyridine rings is 1. The summed E-state index contributed by atoms with van der Waals surface area (Å²) in [7, 11) is 0. The van der Waals surface area contributed by atoms with Crippen molar-refractivity contribution < 1.29 is 18.8 Å². The zero-order valence-corrected chi connectivity index (χ0v) is 16.0. The lowest BCUT2D eigenvalue weighted by Gasteiger charge is -2.31. The molecule has 1 fully saturated rings. The molecule has 0 atom stereocenters. The third-order valence-electron chi connectivity index (χ3n) is 4.89. The van der Waals surface area contributed by atoms with Crippen molar-refractivity contribution in [1.82, 2.24) is 15.2 Å². The van der Waals surface area contributed by atoms with Crippen molar-refractivity contribution in [3.63, 3.8) is 0 Å². The minimum atomic E-state index is -0.334. The maximum Gasteiger partial charge on any atom is 0.255 e. The van der Waals surface area contributed by atoms with Gasteiger partial charge in [0.15, 0.2) is 0 Å². The smallest absolute Gasteiger partial charge is 0.255 e. The quantitative estimate of drug-likeness (QED) is 0.819. The molecule has 3 rings (SSSR count). The van der Waals surface area contributed by atoms with Gasteiger partial charge in [0.1, 0.15) is 11.6 Å². The summed E-state index contributed by atoms with van der Waals surface area (Å²) < 4.78 is 5.09. The molecule has 2 aromatic heterocycles. The van der Waals surface area contributed by atoms with Crippen LogP contribution in [0.3, 0.4) is 0 Å². The van der Waals surface area contributed by atoms with Gasteiger partial charge in [-0.15, -0.1) is 0 Å². The van der Waals surface area contributed by atoms with Gasteiger partial charge in [-0.25, -0.2) is 4.98 Å². The lowest BCUT2D eigenvalue weighted by atomic mass is 9.96. The van der Waals surface area contributed by atoms with Gasteiger partial charge in [-0.3, -0.25) is 14.4 Å². The van der Waals surface area contributed by atoms with Crippen LogP contribution < -0.4 is 10.6 Å². The van der Waals surface area contributed by atoms with Crippen molar-refractivity contribution in [2.75, 3.05) is 25.0 Å². The van der Waals surface area contributed by atoms with Crippen molar-refractivity contribution in [3.8, 4) is 0 Å². The van der Waals surface area contributed by atoms with Crippen LogP contribution in [0.1, 0.15) is 34.5 Å². The Labute approximate surface area is 163 Å². The predicted molar refractivity (Wildman–Crippen MR) is 103 cm³/mol. The van der Waals surface area contributed by atoms with Gasteiger partial charge in [0.05, 0.1) is 18.4 Å². The molecule has 0 radical (unpaired) electrons. The molecule has 0 aliphatic carbocycles. The van der Waals surface area contributed by atoms with E-state index in [2.05, 4.69) is 15.6 Å². The standard InChI is InChI=1S/C20H24N4O4/c1-13-3-7-21-17(11-13)23-19(26)15-4-8-24(9-5-15)18(25)12-22-20(27)16-6-10-28-14(16)2/h3,6-7,10-11,15H,4-5,8-9,12H2,1-2H3,(H,22,27)(H,21,23,26). The van der Waals surface area contributed by atoms with E-state index in [1.54, 1.807) is 24.1 Å². The number of furan rings is 1. The molecular formula is C20H24N4O4. The molecule has 1 aliphatic rings. The zero-order chi connectivity index (χ0) is 20.1. The summed E-state index contributed by atoms with van der Waals surface area (Å²) in [5.41, 5.74) is 1.45. The van der Waals surface area contributed by atoms with Gasteiger partial charge in [-0.05, 0) is 50.5 Å². The fourth-order valence-electron chi connectivity index (χ4n) is 3.21. The molecule has 28 heavy (non-hydrogen) atoms. The Morgan fingerprint density at radius 1 is 1.21 bits per heavy atom. The number of amides is 3. The third-order valence-corrected chi connectivity index (χ3v) is 4.89. The first-order valence-electron chi connectivity index (χ1n) is 9.27. The monoisotopic (exact) mass is 384 g/mol. The van der Waals surface area contributed by atoms with Crippen molar-refractivity contribution >= 4 is 23.5 Å². The lowest BCUT2D eigenvalue weighted by molar-refractivity contribution is -0.133. The van der Waals surface area contributed by atoms with E-state index in [1.165, 1.54) is 6.26 Å². The van der Waals surface area contributed by atoms with Crippen LogP contribution in [0.25, 0.3) is 0 Å². The average molecular weight is 384 g/mol. The molecule has 0 aromatic carbocycles. The molecule has 148 valence electrons. The normalized spacial score (nSPS) is 14.6. The second-order valence-electron chi connectivity index (χ2n) is 6.94. The van der Waals surface area contributed by atoms with Crippen LogP contribution >= 0.6 is 0 Å². The van der Waals surface area contributed by atoms with Crippen LogP contribution in [-0.2, 0) is 9.59 Å². The van der Waals surface area contributed by atoms with E-state index in [1.807, 2.05) is 19.1 Å². The number of aryl methyl sites for hydroxylation is 2. The highest BCUT2D eigenvalue weighted by Gasteiger charge is 2.27. The van der Waals surface area contributed by atoms with Crippen molar-refractivity contribution in [3.05, 3.63) is 47.5 Å². The number of carbonyl (C=O) groups excluding carboxylic acids is 3. The Morgan fingerprint density at radius 3 is 2.61 bits per heavy atom. The van der Waals surface area contributed by atoms with Gasteiger partial charge in [0.25, 0.3) is 5.91 Å². The molecule has 1 aliphatic heterocycles. The highest BCUT2D eigenvalue weighted by atomic mass is 16.3. The van der Waals surface area contributed by atoms with Crippen LogP contribution in [0.5, 0.6) is 0 Å². The summed E-state index contributed by atoms with van der Waals surface area (Å²) in [6, 6.07) is 5.26. The maximum atomic E-state index is 12.4. The van der Waals surface area contributed by atoms with Crippen LogP contribution in [0.2, 0.25) is 0 Å². The largest absolute Gasteiger partial charge is 0.469 e. The summed E-state index contributed by atoms with van der Waals surface area (Å²) in [5.74, 6) is 0.331. The first-order chi connectivity index (χ1) is 13.4. The Hall–Kier alpha value is -3.16. The number of aromatic nitrogens is 1. The van der Waals surface area contributed by atoms with Gasteiger partial charge < -0.3 is 20.0 Å². The summed E-state index contributed by atoms with van der Waals surface area (Å²) in [6.07, 6.45) is 4.26. The molecule has 3 heterocycles. The maximum absolute atomic E-state index is 12.4. The Kier molecular flexibility index (Phi) is 6.08. The number of rotatable bonds is 5. The number of likely N-dealkylation sites (tertiary alicyclic amines) is 1. The average Bonchev–Trinajstić information content (AvgIpc) is 3.12. The minimum absolute atomic E-state index is 0.0751. The highest BCUT2D eigenvalue weighted by Crippen LogP contribution is 2.19. The summed E-state index contributed by atoms with van der Waals surface area (Å²) >= 11 is 0. The van der Waals surface area contributed by atoms with Gasteiger partial charge >= 0.3 is 0 Å². The number of piperidine rings is 1.